The molecule has 1 aliphatic carbocycles. The molecule has 3 fully saturated rings. The quantitative estimate of drug-likeness (QED) is 0.348. The third kappa shape index (κ3) is 7.40. The second-order valence-electron chi connectivity index (χ2n) is 12.2. The summed E-state index contributed by atoms with van der Waals surface area (Å²) in [6.07, 6.45) is 5.90. The summed E-state index contributed by atoms with van der Waals surface area (Å²) in [6.45, 7) is 5.58. The molecule has 222 valence electrons. The molecule has 0 spiro atoms. The minimum atomic E-state index is -0.904. The maximum atomic E-state index is 13.8. The number of carbonyl (C=O) groups excluding carboxylic acids is 1. The summed E-state index contributed by atoms with van der Waals surface area (Å²) in [5, 5.41) is 8.57. The molecule has 3 aromatic rings. The highest BCUT2D eigenvalue weighted by Crippen LogP contribution is 2.48. The Morgan fingerprint density at radius 2 is 1.38 bits per heavy atom. The Morgan fingerprint density at radius 3 is 1.98 bits per heavy atom. The lowest BCUT2D eigenvalue weighted by atomic mass is 9.71. The Labute approximate surface area is 250 Å². The molecule has 6 rings (SSSR count). The highest BCUT2D eigenvalue weighted by atomic mass is 16.4. The van der Waals surface area contributed by atoms with Gasteiger partial charge in [0.2, 0.25) is 5.91 Å². The zero-order valence-electron chi connectivity index (χ0n) is 24.9. The molecule has 2 atom stereocenters. The van der Waals surface area contributed by atoms with Crippen molar-refractivity contribution < 1.29 is 14.7 Å². The molecular formula is C36H45N3O3. The molecule has 0 bridgehead atoms. The Kier molecular flexibility index (Phi) is 9.96. The van der Waals surface area contributed by atoms with Crippen LogP contribution >= 0.6 is 0 Å². The van der Waals surface area contributed by atoms with Crippen molar-refractivity contribution in [2.24, 2.45) is 5.92 Å². The molecule has 2 aliphatic heterocycles. The van der Waals surface area contributed by atoms with Crippen LogP contribution in [0.15, 0.2) is 91.0 Å². The predicted molar refractivity (Wildman–Crippen MR) is 167 cm³/mol. The first kappa shape index (κ1) is 29.8. The summed E-state index contributed by atoms with van der Waals surface area (Å²) in [7, 11) is 1.55. The van der Waals surface area contributed by atoms with Crippen molar-refractivity contribution >= 4 is 12.0 Å². The van der Waals surface area contributed by atoms with Gasteiger partial charge in [-0.1, -0.05) is 91.0 Å². The number of benzene rings is 3. The van der Waals surface area contributed by atoms with Crippen LogP contribution in [0.25, 0.3) is 0 Å². The monoisotopic (exact) mass is 567 g/mol. The fourth-order valence-corrected chi connectivity index (χ4v) is 6.71. The Balaban J connectivity index is 0.000000248. The van der Waals surface area contributed by atoms with Crippen molar-refractivity contribution in [1.29, 1.82) is 0 Å². The lowest BCUT2D eigenvalue weighted by Gasteiger charge is -2.44. The van der Waals surface area contributed by atoms with Gasteiger partial charge in [0.25, 0.3) is 0 Å². The van der Waals surface area contributed by atoms with E-state index in [1.165, 1.54) is 35.4 Å². The van der Waals surface area contributed by atoms with Gasteiger partial charge in [-0.15, -0.1) is 0 Å². The number of hydrogen-bond acceptors (Lipinski definition) is 3. The summed E-state index contributed by atoms with van der Waals surface area (Å²) in [6, 6.07) is 31.1. The molecule has 3 aromatic carbocycles. The highest BCUT2D eigenvalue weighted by Gasteiger charge is 2.46. The fraction of sp³-hybridized carbons (Fsp3) is 0.444. The number of rotatable bonds is 7. The SMILES string of the molecule is CN(Cc1ccccc1)C(=O)O.O=C(N1CCCCC1)C1(c2ccccc2)CCN(C[C@@H]2C[C@@H]2c2ccccc2)CC1. The predicted octanol–water partition coefficient (Wildman–Crippen LogP) is 6.63. The largest absolute Gasteiger partial charge is 0.465 e. The molecule has 2 heterocycles. The van der Waals surface area contributed by atoms with E-state index >= 15 is 0 Å². The van der Waals surface area contributed by atoms with Crippen LogP contribution in [0.1, 0.15) is 61.1 Å². The molecule has 0 aromatic heterocycles. The first-order chi connectivity index (χ1) is 20.5. The molecule has 0 radical (unpaired) electrons. The van der Waals surface area contributed by atoms with Gasteiger partial charge < -0.3 is 19.8 Å². The van der Waals surface area contributed by atoms with E-state index in [-0.39, 0.29) is 5.41 Å². The molecule has 42 heavy (non-hydrogen) atoms. The third-order valence-electron chi connectivity index (χ3n) is 9.32. The van der Waals surface area contributed by atoms with Gasteiger partial charge in [0, 0.05) is 33.2 Å². The van der Waals surface area contributed by atoms with Crippen LogP contribution in [0.2, 0.25) is 0 Å². The standard InChI is InChI=1S/C27H34N2O.C9H11NO2/c30-26(29-16-8-3-9-17-29)27(24-12-6-2-7-13-24)14-18-28(19-15-27)21-23-20-25(23)22-10-4-1-5-11-22;1-10(9(11)12)7-8-5-3-2-4-6-8/h1-2,4-7,10-13,23,25H,3,8-9,14-21H2;2-6H,7H2,1H3,(H,11,12)/t23-,25+;/m0./s1. The van der Waals surface area contributed by atoms with E-state index in [1.807, 2.05) is 30.3 Å². The summed E-state index contributed by atoms with van der Waals surface area (Å²) < 4.78 is 0. The van der Waals surface area contributed by atoms with E-state index in [0.717, 1.165) is 69.3 Å². The smallest absolute Gasteiger partial charge is 0.407 e. The number of carbonyl (C=O) groups is 2. The number of carboxylic acid groups (broad SMARTS) is 1. The molecular weight excluding hydrogens is 522 g/mol. The van der Waals surface area contributed by atoms with E-state index in [9.17, 15) is 9.59 Å². The Morgan fingerprint density at radius 1 is 0.810 bits per heavy atom. The van der Waals surface area contributed by atoms with E-state index in [2.05, 4.69) is 70.5 Å². The van der Waals surface area contributed by atoms with Gasteiger partial charge in [0.05, 0.1) is 5.41 Å². The van der Waals surface area contributed by atoms with Crippen molar-refractivity contribution in [2.45, 2.75) is 56.4 Å². The number of hydrogen-bond donors (Lipinski definition) is 1. The van der Waals surface area contributed by atoms with Gasteiger partial charge in [-0.05, 0) is 80.1 Å². The molecule has 2 amide bonds. The van der Waals surface area contributed by atoms with Crippen LogP contribution in [0, 0.1) is 5.92 Å². The van der Waals surface area contributed by atoms with Crippen LogP contribution in [-0.2, 0) is 16.8 Å². The van der Waals surface area contributed by atoms with Crippen LogP contribution in [-0.4, -0.2) is 71.6 Å². The average molecular weight is 568 g/mol. The first-order valence-electron chi connectivity index (χ1n) is 15.6. The summed E-state index contributed by atoms with van der Waals surface area (Å²) >= 11 is 0. The van der Waals surface area contributed by atoms with Crippen LogP contribution in [0.4, 0.5) is 4.79 Å². The van der Waals surface area contributed by atoms with E-state index in [0.29, 0.717) is 12.5 Å². The van der Waals surface area contributed by atoms with Gasteiger partial charge in [-0.3, -0.25) is 4.79 Å². The average Bonchev–Trinajstić information content (AvgIpc) is 3.82. The normalized spacial score (nSPS) is 21.5. The van der Waals surface area contributed by atoms with Gasteiger partial charge in [-0.25, -0.2) is 4.79 Å². The van der Waals surface area contributed by atoms with Crippen LogP contribution in [0.3, 0.4) is 0 Å². The molecule has 1 saturated carbocycles. The fourth-order valence-electron chi connectivity index (χ4n) is 6.71. The maximum absolute atomic E-state index is 13.8. The second kappa shape index (κ2) is 14.0. The summed E-state index contributed by atoms with van der Waals surface area (Å²) in [4.78, 5) is 30.2. The van der Waals surface area contributed by atoms with Crippen molar-refractivity contribution in [3.63, 3.8) is 0 Å². The van der Waals surface area contributed by atoms with Gasteiger partial charge >= 0.3 is 6.09 Å². The molecule has 6 nitrogen and oxygen atoms in total. The number of likely N-dealkylation sites (tertiary alicyclic amines) is 2. The molecule has 3 aliphatic rings. The van der Waals surface area contributed by atoms with E-state index in [4.69, 9.17) is 5.11 Å². The molecule has 6 heteroatoms. The van der Waals surface area contributed by atoms with Gasteiger partial charge in [-0.2, -0.15) is 0 Å². The Hall–Kier alpha value is -3.64. The number of amides is 2. The summed E-state index contributed by atoms with van der Waals surface area (Å²) in [5.41, 5.74) is 3.41. The maximum Gasteiger partial charge on any atom is 0.407 e. The minimum Gasteiger partial charge on any atom is -0.465 e. The minimum absolute atomic E-state index is 0.322. The van der Waals surface area contributed by atoms with Crippen LogP contribution in [0.5, 0.6) is 0 Å². The van der Waals surface area contributed by atoms with Crippen LogP contribution < -0.4 is 0 Å². The van der Waals surface area contributed by atoms with Crippen molar-refractivity contribution in [1.82, 2.24) is 14.7 Å². The Bertz CT molecular complexity index is 1270. The van der Waals surface area contributed by atoms with Crippen molar-refractivity contribution in [2.75, 3.05) is 39.8 Å². The lowest BCUT2D eigenvalue weighted by molar-refractivity contribution is -0.140. The number of nitrogens with zero attached hydrogens (tertiary/aromatic N) is 3. The molecule has 0 unspecified atom stereocenters. The van der Waals surface area contributed by atoms with E-state index in [1.54, 1.807) is 7.05 Å². The highest BCUT2D eigenvalue weighted by molar-refractivity contribution is 5.88. The zero-order valence-corrected chi connectivity index (χ0v) is 24.9. The number of piperidine rings is 2. The van der Waals surface area contributed by atoms with Gasteiger partial charge in [0.1, 0.15) is 0 Å². The zero-order chi connectivity index (χ0) is 29.4. The second-order valence-corrected chi connectivity index (χ2v) is 12.2. The van der Waals surface area contributed by atoms with Crippen molar-refractivity contribution in [3.8, 4) is 0 Å². The molecule has 2 saturated heterocycles. The molecule has 1 N–H and O–H groups in total. The van der Waals surface area contributed by atoms with Crippen molar-refractivity contribution in [3.05, 3.63) is 108 Å². The first-order valence-corrected chi connectivity index (χ1v) is 15.6. The topological polar surface area (TPSA) is 64.1 Å². The summed E-state index contributed by atoms with van der Waals surface area (Å²) in [5.74, 6) is 1.91. The van der Waals surface area contributed by atoms with Gasteiger partial charge in [0.15, 0.2) is 0 Å². The van der Waals surface area contributed by atoms with E-state index < -0.39 is 6.09 Å². The lowest BCUT2D eigenvalue weighted by Crippen LogP contribution is -2.54. The third-order valence-corrected chi connectivity index (χ3v) is 9.32.